The summed E-state index contributed by atoms with van der Waals surface area (Å²) in [6.07, 6.45) is -0.224. The Morgan fingerprint density at radius 2 is 1.54 bits per heavy atom. The lowest BCUT2D eigenvalue weighted by Crippen LogP contribution is -2.31. The molecule has 13 heavy (non-hydrogen) atoms. The molecule has 0 fully saturated rings. The molecule has 0 bridgehead atoms. The van der Waals surface area contributed by atoms with E-state index in [1.807, 2.05) is 0 Å². The Morgan fingerprint density at radius 3 is 1.85 bits per heavy atom. The normalized spacial score (nSPS) is 15.6. The molecule has 0 saturated carbocycles. The van der Waals surface area contributed by atoms with Crippen LogP contribution in [0.2, 0.25) is 0 Å². The van der Waals surface area contributed by atoms with Crippen molar-refractivity contribution in [3.05, 3.63) is 0 Å². The SMILES string of the molecule is NC(CCS(=O)(=O)O)CS(=O)(=O)O. The van der Waals surface area contributed by atoms with Gasteiger partial charge in [-0.15, -0.1) is 0 Å². The summed E-state index contributed by atoms with van der Waals surface area (Å²) in [7, 11) is -8.32. The second-order valence-corrected chi connectivity index (χ2v) is 5.65. The van der Waals surface area contributed by atoms with Gasteiger partial charge in [0.25, 0.3) is 20.2 Å². The second kappa shape index (κ2) is 4.33. The van der Waals surface area contributed by atoms with E-state index in [9.17, 15) is 16.8 Å². The van der Waals surface area contributed by atoms with Crippen LogP contribution in [0.4, 0.5) is 0 Å². The minimum absolute atomic E-state index is 0.224. The molecule has 0 rings (SSSR count). The highest BCUT2D eigenvalue weighted by Crippen LogP contribution is 1.96. The van der Waals surface area contributed by atoms with Crippen LogP contribution in [0.25, 0.3) is 0 Å². The van der Waals surface area contributed by atoms with Crippen LogP contribution < -0.4 is 5.73 Å². The van der Waals surface area contributed by atoms with Gasteiger partial charge in [-0.3, -0.25) is 9.11 Å². The van der Waals surface area contributed by atoms with Gasteiger partial charge < -0.3 is 5.73 Å². The van der Waals surface area contributed by atoms with Crippen LogP contribution >= 0.6 is 0 Å². The van der Waals surface area contributed by atoms with Crippen molar-refractivity contribution >= 4 is 20.2 Å². The molecule has 0 spiro atoms. The Morgan fingerprint density at radius 1 is 1.08 bits per heavy atom. The molecule has 7 nitrogen and oxygen atoms in total. The van der Waals surface area contributed by atoms with Crippen molar-refractivity contribution in [2.75, 3.05) is 11.5 Å². The van der Waals surface area contributed by atoms with Crippen molar-refractivity contribution in [2.45, 2.75) is 12.5 Å². The lowest BCUT2D eigenvalue weighted by molar-refractivity contribution is 0.466. The molecule has 0 aliphatic carbocycles. The fourth-order valence-electron chi connectivity index (χ4n) is 0.654. The van der Waals surface area contributed by atoms with E-state index < -0.39 is 37.8 Å². The second-order valence-electron chi connectivity index (χ2n) is 2.58. The average molecular weight is 233 g/mol. The van der Waals surface area contributed by atoms with Crippen LogP contribution in [-0.4, -0.2) is 43.5 Å². The summed E-state index contributed by atoms with van der Waals surface area (Å²) in [4.78, 5) is 0. The van der Waals surface area contributed by atoms with E-state index in [1.54, 1.807) is 0 Å². The van der Waals surface area contributed by atoms with Gasteiger partial charge in [0.05, 0.1) is 11.5 Å². The van der Waals surface area contributed by atoms with Crippen molar-refractivity contribution in [3.63, 3.8) is 0 Å². The maximum absolute atomic E-state index is 10.2. The predicted molar refractivity (Wildman–Crippen MR) is 45.4 cm³/mol. The summed E-state index contributed by atoms with van der Waals surface area (Å²) in [5.41, 5.74) is 5.15. The van der Waals surface area contributed by atoms with Crippen LogP contribution in [0.5, 0.6) is 0 Å². The van der Waals surface area contributed by atoms with Crippen LogP contribution in [0.3, 0.4) is 0 Å². The summed E-state index contributed by atoms with van der Waals surface area (Å²) in [5, 5.41) is 0. The molecule has 80 valence electrons. The minimum Gasteiger partial charge on any atom is -0.327 e. The third-order valence-corrected chi connectivity index (χ3v) is 2.77. The maximum Gasteiger partial charge on any atom is 0.266 e. The van der Waals surface area contributed by atoms with Gasteiger partial charge in [-0.1, -0.05) is 0 Å². The van der Waals surface area contributed by atoms with Crippen LogP contribution in [0, 0.1) is 0 Å². The number of hydrogen-bond acceptors (Lipinski definition) is 5. The molecule has 9 heteroatoms. The highest BCUT2D eigenvalue weighted by Gasteiger charge is 2.15. The topological polar surface area (TPSA) is 135 Å². The number of rotatable bonds is 5. The minimum atomic E-state index is -4.19. The first-order valence-electron chi connectivity index (χ1n) is 3.26. The first-order valence-corrected chi connectivity index (χ1v) is 6.48. The predicted octanol–water partition coefficient (Wildman–Crippen LogP) is -1.52. The fraction of sp³-hybridized carbons (Fsp3) is 1.00. The molecule has 0 amide bonds. The number of nitrogens with two attached hydrogens (primary N) is 1. The highest BCUT2D eigenvalue weighted by atomic mass is 32.2. The van der Waals surface area contributed by atoms with Crippen molar-refractivity contribution in [1.29, 1.82) is 0 Å². The Labute approximate surface area is 76.4 Å². The molecule has 4 N–H and O–H groups in total. The third kappa shape index (κ3) is 9.70. The first kappa shape index (κ1) is 12.8. The van der Waals surface area contributed by atoms with E-state index in [0.29, 0.717) is 0 Å². The zero-order chi connectivity index (χ0) is 10.7. The van der Waals surface area contributed by atoms with E-state index >= 15 is 0 Å². The van der Waals surface area contributed by atoms with E-state index in [2.05, 4.69) is 0 Å². The van der Waals surface area contributed by atoms with E-state index in [-0.39, 0.29) is 6.42 Å². The molecule has 1 unspecified atom stereocenters. The van der Waals surface area contributed by atoms with Gasteiger partial charge in [0.2, 0.25) is 0 Å². The monoisotopic (exact) mass is 233 g/mol. The Bertz CT molecular complexity index is 343. The van der Waals surface area contributed by atoms with Crippen molar-refractivity contribution in [2.24, 2.45) is 5.73 Å². The van der Waals surface area contributed by atoms with Crippen LogP contribution in [0.1, 0.15) is 6.42 Å². The molecule has 1 atom stereocenters. The summed E-state index contributed by atoms with van der Waals surface area (Å²) in [6.45, 7) is 0. The van der Waals surface area contributed by atoms with Crippen LogP contribution in [-0.2, 0) is 20.2 Å². The highest BCUT2D eigenvalue weighted by molar-refractivity contribution is 7.86. The lowest BCUT2D eigenvalue weighted by atomic mass is 10.3. The van der Waals surface area contributed by atoms with Gasteiger partial charge in [-0.25, -0.2) is 0 Å². The van der Waals surface area contributed by atoms with Gasteiger partial charge >= 0.3 is 0 Å². The molecule has 0 aromatic rings. The fourth-order valence-corrected chi connectivity index (χ4v) is 1.96. The van der Waals surface area contributed by atoms with Gasteiger partial charge in [0.1, 0.15) is 0 Å². The summed E-state index contributed by atoms with van der Waals surface area (Å²) < 4.78 is 57.4. The third-order valence-electron chi connectivity index (χ3n) is 1.17. The van der Waals surface area contributed by atoms with Crippen molar-refractivity contribution < 1.29 is 25.9 Å². The zero-order valence-corrected chi connectivity index (χ0v) is 8.25. The average Bonchev–Trinajstić information content (AvgIpc) is 1.78. The number of hydrogen-bond donors (Lipinski definition) is 3. The Kier molecular flexibility index (Phi) is 4.26. The Hall–Kier alpha value is -0.220. The van der Waals surface area contributed by atoms with E-state index in [0.717, 1.165) is 0 Å². The molecule has 0 aliphatic rings. The van der Waals surface area contributed by atoms with Crippen LogP contribution in [0.15, 0.2) is 0 Å². The van der Waals surface area contributed by atoms with Gasteiger partial charge in [0.15, 0.2) is 0 Å². The molecule has 0 heterocycles. The molecule has 0 aromatic heterocycles. The molecule has 0 aliphatic heterocycles. The van der Waals surface area contributed by atoms with Crippen molar-refractivity contribution in [3.8, 4) is 0 Å². The summed E-state index contributed by atoms with van der Waals surface area (Å²) >= 11 is 0. The molecule has 0 saturated heterocycles. The smallest absolute Gasteiger partial charge is 0.266 e. The molecule has 0 aromatic carbocycles. The summed E-state index contributed by atoms with van der Waals surface area (Å²) in [6, 6.07) is -1.00. The largest absolute Gasteiger partial charge is 0.327 e. The molecular formula is C4H11NO6S2. The van der Waals surface area contributed by atoms with Gasteiger partial charge in [-0.2, -0.15) is 16.8 Å². The van der Waals surface area contributed by atoms with E-state index in [4.69, 9.17) is 14.8 Å². The van der Waals surface area contributed by atoms with E-state index in [1.165, 1.54) is 0 Å². The van der Waals surface area contributed by atoms with Gasteiger partial charge in [0, 0.05) is 6.04 Å². The molecular weight excluding hydrogens is 222 g/mol. The van der Waals surface area contributed by atoms with Gasteiger partial charge in [-0.05, 0) is 6.42 Å². The molecule has 0 radical (unpaired) electrons. The standard InChI is InChI=1S/C4H11NO6S2/c5-4(3-13(9,10)11)1-2-12(6,7)8/h4H,1-3,5H2,(H,6,7,8)(H,9,10,11). The Balaban J connectivity index is 3.98. The maximum atomic E-state index is 10.2. The quantitative estimate of drug-likeness (QED) is 0.491. The summed E-state index contributed by atoms with van der Waals surface area (Å²) in [5.74, 6) is -1.34. The first-order chi connectivity index (χ1) is 5.60. The van der Waals surface area contributed by atoms with Crippen molar-refractivity contribution in [1.82, 2.24) is 0 Å². The lowest BCUT2D eigenvalue weighted by Gasteiger charge is -2.07. The zero-order valence-electron chi connectivity index (χ0n) is 6.62.